The van der Waals surface area contributed by atoms with Crippen LogP contribution in [0.1, 0.15) is 6.42 Å². The molecule has 0 saturated carbocycles. The maximum Gasteiger partial charge on any atom is 0.321 e. The van der Waals surface area contributed by atoms with E-state index in [1.807, 2.05) is 0 Å². The van der Waals surface area contributed by atoms with Crippen molar-refractivity contribution in [3.05, 3.63) is 0 Å². The number of carboxylic acids is 2. The second-order valence-electron chi connectivity index (χ2n) is 7.56. The highest BCUT2D eigenvalue weighted by Gasteiger charge is 2.24. The molecule has 0 rings (SSSR count). The van der Waals surface area contributed by atoms with Crippen LogP contribution in [-0.4, -0.2) is 167 Å². The summed E-state index contributed by atoms with van der Waals surface area (Å²) in [5.41, 5.74) is 0. The average molecular weight is 510 g/mol. The lowest BCUT2D eigenvalue weighted by Gasteiger charge is -2.26. The minimum atomic E-state index is -1.23. The van der Waals surface area contributed by atoms with Crippen LogP contribution >= 0.6 is 0 Å². The summed E-state index contributed by atoms with van der Waals surface area (Å²) >= 11 is 0. The van der Waals surface area contributed by atoms with Gasteiger partial charge in [-0.25, -0.2) is 0 Å². The fourth-order valence-electron chi connectivity index (χ4n) is 3.15. The smallest absolute Gasteiger partial charge is 0.321 e. The summed E-state index contributed by atoms with van der Waals surface area (Å²) in [5.74, 6) is -3.30. The number of hydrogen-bond donors (Lipinski definition) is 8. The van der Waals surface area contributed by atoms with Gasteiger partial charge in [-0.2, -0.15) is 0 Å². The van der Waals surface area contributed by atoms with Crippen LogP contribution in [0, 0.1) is 0 Å². The highest BCUT2D eigenvalue weighted by atomic mass is 16.4. The van der Waals surface area contributed by atoms with E-state index in [9.17, 15) is 24.3 Å². The van der Waals surface area contributed by atoms with E-state index in [0.29, 0.717) is 13.1 Å². The average Bonchev–Trinajstić information content (AvgIpc) is 2.79. The highest BCUT2D eigenvalue weighted by Crippen LogP contribution is 2.00. The Labute approximate surface area is 203 Å². The third-order valence-electron chi connectivity index (χ3n) is 4.88. The molecule has 15 nitrogen and oxygen atoms in total. The molecule has 0 saturated heterocycles. The molecular weight excluding hydrogens is 470 g/mol. The van der Waals surface area contributed by atoms with Crippen LogP contribution in [0.15, 0.2) is 0 Å². The number of nitrogens with one attached hydrogen (secondary N) is 2. The van der Waals surface area contributed by atoms with Gasteiger partial charge in [-0.05, 0) is 0 Å². The molecule has 0 bridgehead atoms. The Kier molecular flexibility index (Phi) is 18.5. The molecule has 204 valence electrons. The van der Waals surface area contributed by atoms with Gasteiger partial charge >= 0.3 is 11.9 Å². The first-order valence-corrected chi connectivity index (χ1v) is 11.3. The van der Waals surface area contributed by atoms with E-state index in [0.717, 1.165) is 0 Å². The van der Waals surface area contributed by atoms with Crippen molar-refractivity contribution in [2.75, 3.05) is 91.9 Å². The van der Waals surface area contributed by atoms with Gasteiger partial charge in [0.1, 0.15) is 6.04 Å². The Morgan fingerprint density at radius 3 is 1.63 bits per heavy atom. The number of amides is 2. The predicted molar refractivity (Wildman–Crippen MR) is 122 cm³/mol. The Bertz CT molecular complexity index is 627. The van der Waals surface area contributed by atoms with E-state index < -0.39 is 29.8 Å². The first-order valence-electron chi connectivity index (χ1n) is 11.3. The first-order chi connectivity index (χ1) is 16.7. The Balaban J connectivity index is 4.57. The van der Waals surface area contributed by atoms with Crippen molar-refractivity contribution >= 4 is 23.8 Å². The lowest BCUT2D eigenvalue weighted by Crippen LogP contribution is -2.47. The first kappa shape index (κ1) is 32.6. The minimum Gasteiger partial charge on any atom is -0.480 e. The van der Waals surface area contributed by atoms with Crippen LogP contribution < -0.4 is 10.6 Å². The summed E-state index contributed by atoms with van der Waals surface area (Å²) in [6.45, 7) is -0.821. The maximum absolute atomic E-state index is 12.3. The van der Waals surface area contributed by atoms with Gasteiger partial charge in [-0.15, -0.1) is 0 Å². The van der Waals surface area contributed by atoms with Crippen molar-refractivity contribution < 1.29 is 49.8 Å². The minimum absolute atomic E-state index is 0.0135. The molecule has 0 aromatic rings. The molecule has 0 heterocycles. The predicted octanol–water partition coefficient (Wildman–Crippen LogP) is -4.98. The molecule has 0 spiro atoms. The van der Waals surface area contributed by atoms with E-state index >= 15 is 0 Å². The van der Waals surface area contributed by atoms with Crippen molar-refractivity contribution in [3.63, 3.8) is 0 Å². The zero-order chi connectivity index (χ0) is 26.6. The zero-order valence-electron chi connectivity index (χ0n) is 19.8. The summed E-state index contributed by atoms with van der Waals surface area (Å²) in [6, 6.07) is -1.17. The monoisotopic (exact) mass is 509 g/mol. The molecule has 0 radical (unpaired) electrons. The molecule has 0 fully saturated rings. The fourth-order valence-corrected chi connectivity index (χ4v) is 3.15. The van der Waals surface area contributed by atoms with Gasteiger partial charge in [-0.3, -0.25) is 24.1 Å². The van der Waals surface area contributed by atoms with Crippen molar-refractivity contribution in [1.29, 1.82) is 0 Å². The highest BCUT2D eigenvalue weighted by molar-refractivity contribution is 5.84. The largest absolute Gasteiger partial charge is 0.480 e. The SMILES string of the molecule is O=C(O)CN(CCNCCNC(CC(=O)N(CCO)CCO)C(=O)O)CC(=O)N(CCO)CCO. The molecule has 0 aliphatic carbocycles. The third kappa shape index (κ3) is 15.3. The van der Waals surface area contributed by atoms with E-state index in [-0.39, 0.29) is 85.2 Å². The van der Waals surface area contributed by atoms with Gasteiger partial charge < -0.3 is 51.1 Å². The van der Waals surface area contributed by atoms with Crippen LogP contribution in [-0.2, 0) is 19.2 Å². The van der Waals surface area contributed by atoms with E-state index in [1.54, 1.807) is 0 Å². The third-order valence-corrected chi connectivity index (χ3v) is 4.88. The normalized spacial score (nSPS) is 11.9. The van der Waals surface area contributed by atoms with Gasteiger partial charge in [0.15, 0.2) is 0 Å². The van der Waals surface area contributed by atoms with Gasteiger partial charge in [0.05, 0.1) is 45.9 Å². The van der Waals surface area contributed by atoms with Crippen molar-refractivity contribution in [1.82, 2.24) is 25.3 Å². The second kappa shape index (κ2) is 19.9. The number of carboxylic acid groups (broad SMARTS) is 2. The van der Waals surface area contributed by atoms with Gasteiger partial charge in [-0.1, -0.05) is 0 Å². The number of nitrogens with zero attached hydrogens (tertiary/aromatic N) is 3. The van der Waals surface area contributed by atoms with Crippen LogP contribution in [0.3, 0.4) is 0 Å². The number of carbonyl (C=O) groups excluding carboxylic acids is 2. The maximum atomic E-state index is 12.3. The van der Waals surface area contributed by atoms with Crippen molar-refractivity contribution in [2.24, 2.45) is 0 Å². The topological polar surface area (TPSA) is 223 Å². The number of rotatable bonds is 22. The summed E-state index contributed by atoms with van der Waals surface area (Å²) in [5, 5.41) is 60.2. The summed E-state index contributed by atoms with van der Waals surface area (Å²) < 4.78 is 0. The van der Waals surface area contributed by atoms with E-state index in [2.05, 4.69) is 10.6 Å². The quantitative estimate of drug-likeness (QED) is 0.0641. The fraction of sp³-hybridized carbons (Fsp3) is 0.800. The Hall–Kier alpha value is -2.40. The van der Waals surface area contributed by atoms with Crippen LogP contribution in [0.2, 0.25) is 0 Å². The molecule has 8 N–H and O–H groups in total. The summed E-state index contributed by atoms with van der Waals surface area (Å²) in [6.07, 6.45) is -0.359. The number of aliphatic carboxylic acids is 2. The molecular formula is C20H39N5O10. The van der Waals surface area contributed by atoms with Gasteiger partial charge in [0.25, 0.3) is 0 Å². The Morgan fingerprint density at radius 1 is 0.657 bits per heavy atom. The summed E-state index contributed by atoms with van der Waals surface area (Å²) in [4.78, 5) is 50.9. The van der Waals surface area contributed by atoms with E-state index in [1.165, 1.54) is 14.7 Å². The molecule has 0 aromatic carbocycles. The Morgan fingerprint density at radius 2 is 1.17 bits per heavy atom. The van der Waals surface area contributed by atoms with Crippen LogP contribution in [0.5, 0.6) is 0 Å². The number of hydrogen-bond acceptors (Lipinski definition) is 11. The summed E-state index contributed by atoms with van der Waals surface area (Å²) in [7, 11) is 0. The molecule has 35 heavy (non-hydrogen) atoms. The van der Waals surface area contributed by atoms with E-state index in [4.69, 9.17) is 25.5 Å². The van der Waals surface area contributed by atoms with Crippen LogP contribution in [0.25, 0.3) is 0 Å². The number of aliphatic hydroxyl groups excluding tert-OH is 4. The molecule has 0 aliphatic rings. The standard InChI is InChI=1S/C20H39N5O10/c26-9-5-24(6-10-27)17(30)13-16(20(34)35)22-2-1-21-3-4-23(15-19(32)33)14-18(31)25(7-11-28)8-12-29/h16,21-22,26-29H,1-15H2,(H,32,33)(H,34,35). The molecule has 1 atom stereocenters. The lowest BCUT2D eigenvalue weighted by atomic mass is 10.2. The number of carbonyl (C=O) groups is 4. The molecule has 15 heteroatoms. The van der Waals surface area contributed by atoms with Crippen molar-refractivity contribution in [3.8, 4) is 0 Å². The van der Waals surface area contributed by atoms with Gasteiger partial charge in [0.2, 0.25) is 11.8 Å². The molecule has 1 unspecified atom stereocenters. The molecule has 0 aliphatic heterocycles. The van der Waals surface area contributed by atoms with Crippen LogP contribution in [0.4, 0.5) is 0 Å². The second-order valence-corrected chi connectivity index (χ2v) is 7.56. The molecule has 2 amide bonds. The number of aliphatic hydroxyl groups is 4. The lowest BCUT2D eigenvalue weighted by molar-refractivity contribution is -0.143. The van der Waals surface area contributed by atoms with Crippen molar-refractivity contribution in [2.45, 2.75) is 12.5 Å². The van der Waals surface area contributed by atoms with Gasteiger partial charge in [0, 0.05) is 52.4 Å². The zero-order valence-corrected chi connectivity index (χ0v) is 19.8. The molecule has 0 aromatic heterocycles.